The maximum absolute atomic E-state index is 12.6. The average Bonchev–Trinajstić information content (AvgIpc) is 3.33. The summed E-state index contributed by atoms with van der Waals surface area (Å²) in [4.78, 5) is 28.1. The van der Waals surface area contributed by atoms with Crippen LogP contribution in [-0.2, 0) is 4.79 Å². The fourth-order valence-corrected chi connectivity index (χ4v) is 3.95. The van der Waals surface area contributed by atoms with Gasteiger partial charge in [0.25, 0.3) is 12.4 Å². The number of pyridine rings is 1. The Bertz CT molecular complexity index is 844. The maximum Gasteiger partial charge on any atom is 0.290 e. The van der Waals surface area contributed by atoms with Gasteiger partial charge in [-0.1, -0.05) is 12.1 Å². The molecule has 1 atom stereocenters. The molecule has 0 aliphatic carbocycles. The number of nitrogens with zero attached hydrogens (tertiary/aromatic N) is 3. The van der Waals surface area contributed by atoms with E-state index in [-0.39, 0.29) is 12.4 Å². The van der Waals surface area contributed by atoms with E-state index >= 15 is 0 Å². The summed E-state index contributed by atoms with van der Waals surface area (Å²) in [6.45, 7) is 1.39. The Morgan fingerprint density at radius 2 is 2.16 bits per heavy atom. The summed E-state index contributed by atoms with van der Waals surface area (Å²) in [6, 6.07) is 10.1. The van der Waals surface area contributed by atoms with Gasteiger partial charge in [-0.05, 0) is 36.4 Å². The molecule has 1 N–H and O–H groups in total. The van der Waals surface area contributed by atoms with Gasteiger partial charge in [-0.3, -0.25) is 9.59 Å². The van der Waals surface area contributed by atoms with Crippen molar-refractivity contribution in [1.82, 2.24) is 14.3 Å². The molecule has 1 unspecified atom stereocenters. The summed E-state index contributed by atoms with van der Waals surface area (Å²) in [5.74, 6) is 0.535. The minimum atomic E-state index is -0.250. The van der Waals surface area contributed by atoms with Crippen LogP contribution in [-0.4, -0.2) is 44.9 Å². The van der Waals surface area contributed by atoms with Crippen molar-refractivity contribution in [2.24, 2.45) is 0 Å². The number of thiophene rings is 1. The SMILES string of the molecule is O=C(c1cccs1)N1CCCC(c2cccc3nccn23)C1.O=CO. The van der Waals surface area contributed by atoms with Crippen molar-refractivity contribution in [2.45, 2.75) is 18.8 Å². The minimum absolute atomic E-state index is 0.164. The molecule has 0 saturated carbocycles. The zero-order valence-corrected chi connectivity index (χ0v) is 14.4. The minimum Gasteiger partial charge on any atom is -0.483 e. The number of imidazole rings is 1. The molecule has 1 aliphatic rings. The summed E-state index contributed by atoms with van der Waals surface area (Å²) < 4.78 is 2.14. The molecule has 0 bridgehead atoms. The molecule has 130 valence electrons. The van der Waals surface area contributed by atoms with E-state index in [2.05, 4.69) is 21.5 Å². The van der Waals surface area contributed by atoms with Crippen molar-refractivity contribution in [3.05, 3.63) is 58.7 Å². The second kappa shape index (κ2) is 7.94. The number of aromatic nitrogens is 2. The third-order valence-electron chi connectivity index (χ3n) is 4.32. The zero-order chi connectivity index (χ0) is 17.6. The Kier molecular flexibility index (Phi) is 5.45. The van der Waals surface area contributed by atoms with Crippen molar-refractivity contribution < 1.29 is 14.7 Å². The van der Waals surface area contributed by atoms with Crippen LogP contribution in [0.2, 0.25) is 0 Å². The molecule has 1 amide bonds. The molecular weight excluding hydrogens is 338 g/mol. The summed E-state index contributed by atoms with van der Waals surface area (Å²) >= 11 is 1.52. The van der Waals surface area contributed by atoms with Gasteiger partial charge in [0.05, 0.1) is 4.88 Å². The number of hydrogen-bond donors (Lipinski definition) is 1. The first-order valence-electron chi connectivity index (χ1n) is 8.07. The molecule has 4 rings (SSSR count). The third-order valence-corrected chi connectivity index (χ3v) is 5.18. The predicted octanol–water partition coefficient (Wildman–Crippen LogP) is 3.12. The number of amides is 1. The van der Waals surface area contributed by atoms with Gasteiger partial charge in [-0.2, -0.15) is 0 Å². The van der Waals surface area contributed by atoms with E-state index in [1.54, 1.807) is 0 Å². The van der Waals surface area contributed by atoms with Crippen LogP contribution < -0.4 is 0 Å². The fourth-order valence-electron chi connectivity index (χ4n) is 3.26. The Hall–Kier alpha value is -2.67. The highest BCUT2D eigenvalue weighted by molar-refractivity contribution is 7.12. The Morgan fingerprint density at radius 3 is 2.92 bits per heavy atom. The van der Waals surface area contributed by atoms with Gasteiger partial charge in [-0.15, -0.1) is 11.3 Å². The molecule has 1 aliphatic heterocycles. The Morgan fingerprint density at radius 1 is 1.32 bits per heavy atom. The maximum atomic E-state index is 12.6. The number of hydrogen-bond acceptors (Lipinski definition) is 4. The molecule has 4 heterocycles. The number of carbonyl (C=O) groups is 2. The van der Waals surface area contributed by atoms with Crippen LogP contribution in [0.25, 0.3) is 5.65 Å². The summed E-state index contributed by atoms with van der Waals surface area (Å²) in [5.41, 5.74) is 2.22. The van der Waals surface area contributed by atoms with Crippen LogP contribution >= 0.6 is 11.3 Å². The zero-order valence-electron chi connectivity index (χ0n) is 13.6. The topological polar surface area (TPSA) is 74.9 Å². The Balaban J connectivity index is 0.000000569. The lowest BCUT2D eigenvalue weighted by molar-refractivity contribution is -0.122. The molecule has 0 radical (unpaired) electrons. The van der Waals surface area contributed by atoms with Crippen LogP contribution in [0.4, 0.5) is 0 Å². The van der Waals surface area contributed by atoms with E-state index in [1.807, 2.05) is 40.9 Å². The normalized spacial score (nSPS) is 17.0. The lowest BCUT2D eigenvalue weighted by atomic mass is 9.94. The molecule has 0 aromatic carbocycles. The van der Waals surface area contributed by atoms with Crippen LogP contribution in [0.3, 0.4) is 0 Å². The third kappa shape index (κ3) is 3.71. The molecule has 25 heavy (non-hydrogen) atoms. The predicted molar refractivity (Wildman–Crippen MR) is 96.1 cm³/mol. The molecule has 0 spiro atoms. The lowest BCUT2D eigenvalue weighted by Crippen LogP contribution is -2.39. The highest BCUT2D eigenvalue weighted by Crippen LogP contribution is 2.28. The summed E-state index contributed by atoms with van der Waals surface area (Å²) in [6.07, 6.45) is 6.00. The largest absolute Gasteiger partial charge is 0.483 e. The second-order valence-corrected chi connectivity index (χ2v) is 6.73. The monoisotopic (exact) mass is 357 g/mol. The first-order chi connectivity index (χ1) is 12.2. The van der Waals surface area contributed by atoms with E-state index in [4.69, 9.17) is 9.90 Å². The summed E-state index contributed by atoms with van der Waals surface area (Å²) in [7, 11) is 0. The first-order valence-corrected chi connectivity index (χ1v) is 8.95. The van der Waals surface area contributed by atoms with E-state index in [9.17, 15) is 4.79 Å². The fraction of sp³-hybridized carbons (Fsp3) is 0.278. The highest BCUT2D eigenvalue weighted by Gasteiger charge is 2.27. The van der Waals surface area contributed by atoms with Crippen molar-refractivity contribution >= 4 is 29.4 Å². The van der Waals surface area contributed by atoms with Crippen molar-refractivity contribution in [2.75, 3.05) is 13.1 Å². The van der Waals surface area contributed by atoms with Gasteiger partial charge in [0.2, 0.25) is 0 Å². The van der Waals surface area contributed by atoms with E-state index in [1.165, 1.54) is 17.0 Å². The van der Waals surface area contributed by atoms with Crippen molar-refractivity contribution in [3.8, 4) is 0 Å². The molecule has 3 aromatic heterocycles. The van der Waals surface area contributed by atoms with Gasteiger partial charge in [0.1, 0.15) is 5.65 Å². The molecule has 1 fully saturated rings. The Labute approximate surface area is 149 Å². The standard InChI is InChI=1S/C17H17N3OS.CH2O2/c21-17(15-6-3-11-22-15)19-9-2-4-13(12-19)14-5-1-7-16-18-8-10-20(14)16;2-1-3/h1,3,5-8,10-11,13H,2,4,9,12H2;1H,(H,2,3). The van der Waals surface area contributed by atoms with E-state index < -0.39 is 0 Å². The molecule has 6 nitrogen and oxygen atoms in total. The number of fused-ring (bicyclic) bond motifs is 1. The number of carbonyl (C=O) groups excluding carboxylic acids is 1. The van der Waals surface area contributed by atoms with Gasteiger partial charge in [0, 0.05) is 37.1 Å². The van der Waals surface area contributed by atoms with Crippen molar-refractivity contribution in [1.29, 1.82) is 0 Å². The molecular formula is C18H19N3O3S. The highest BCUT2D eigenvalue weighted by atomic mass is 32.1. The van der Waals surface area contributed by atoms with Gasteiger partial charge >= 0.3 is 0 Å². The molecule has 7 heteroatoms. The van der Waals surface area contributed by atoms with Gasteiger partial charge < -0.3 is 14.4 Å². The lowest BCUT2D eigenvalue weighted by Gasteiger charge is -2.33. The van der Waals surface area contributed by atoms with Crippen LogP contribution in [0.1, 0.15) is 34.1 Å². The molecule has 3 aromatic rings. The first kappa shape index (κ1) is 17.2. The van der Waals surface area contributed by atoms with Crippen LogP contribution in [0, 0.1) is 0 Å². The summed E-state index contributed by atoms with van der Waals surface area (Å²) in [5, 5.41) is 8.85. The number of likely N-dealkylation sites (tertiary alicyclic amines) is 1. The quantitative estimate of drug-likeness (QED) is 0.715. The van der Waals surface area contributed by atoms with Crippen molar-refractivity contribution in [3.63, 3.8) is 0 Å². The smallest absolute Gasteiger partial charge is 0.290 e. The number of carboxylic acid groups (broad SMARTS) is 1. The average molecular weight is 357 g/mol. The van der Waals surface area contributed by atoms with Crippen LogP contribution in [0.15, 0.2) is 48.1 Å². The second-order valence-electron chi connectivity index (χ2n) is 5.78. The molecule has 1 saturated heterocycles. The number of piperidine rings is 1. The van der Waals surface area contributed by atoms with E-state index in [0.717, 1.165) is 36.5 Å². The van der Waals surface area contributed by atoms with Gasteiger partial charge in [-0.25, -0.2) is 4.98 Å². The van der Waals surface area contributed by atoms with E-state index in [0.29, 0.717) is 5.92 Å². The van der Waals surface area contributed by atoms with Crippen LogP contribution in [0.5, 0.6) is 0 Å². The van der Waals surface area contributed by atoms with Gasteiger partial charge in [0.15, 0.2) is 0 Å². The number of rotatable bonds is 2.